The van der Waals surface area contributed by atoms with Crippen LogP contribution in [-0.2, 0) is 0 Å². The Hall–Kier alpha value is -1.24. The van der Waals surface area contributed by atoms with Crippen LogP contribution in [0.2, 0.25) is 5.02 Å². The van der Waals surface area contributed by atoms with E-state index in [0.717, 1.165) is 5.69 Å². The number of hydrogen-bond acceptors (Lipinski definition) is 3. The summed E-state index contributed by atoms with van der Waals surface area (Å²) in [6.45, 7) is 0. The lowest BCUT2D eigenvalue weighted by molar-refractivity contribution is 0.925. The Kier molecular flexibility index (Phi) is 3.34. The Morgan fingerprint density at radius 1 is 1.50 bits per heavy atom. The van der Waals surface area contributed by atoms with Gasteiger partial charge in [-0.15, -0.1) is 0 Å². The van der Waals surface area contributed by atoms with Crippen LogP contribution >= 0.6 is 11.6 Å². The first-order valence-corrected chi connectivity index (χ1v) is 4.56. The minimum atomic E-state index is -0.654. The highest BCUT2D eigenvalue weighted by molar-refractivity contribution is 6.31. The van der Waals surface area contributed by atoms with Crippen molar-refractivity contribution in [1.29, 1.82) is 5.26 Å². The van der Waals surface area contributed by atoms with E-state index in [0.29, 0.717) is 10.6 Å². The Bertz CT molecular complexity index is 368. The second kappa shape index (κ2) is 4.32. The molecule has 0 aliphatic heterocycles. The largest absolute Gasteiger partial charge is 0.378 e. The summed E-state index contributed by atoms with van der Waals surface area (Å²) in [6.07, 6.45) is 0. The van der Waals surface area contributed by atoms with Gasteiger partial charge < -0.3 is 10.6 Å². The molecule has 3 nitrogen and oxygen atoms in total. The van der Waals surface area contributed by atoms with Crippen LogP contribution in [0.25, 0.3) is 0 Å². The quantitative estimate of drug-likeness (QED) is 0.810. The summed E-state index contributed by atoms with van der Waals surface area (Å²) in [5.74, 6) is 0. The molecule has 1 rings (SSSR count). The van der Waals surface area contributed by atoms with Crippen molar-refractivity contribution in [3.8, 4) is 6.07 Å². The van der Waals surface area contributed by atoms with Gasteiger partial charge in [-0.3, -0.25) is 0 Å². The summed E-state index contributed by atoms with van der Waals surface area (Å²) in [5, 5.41) is 9.18. The highest BCUT2D eigenvalue weighted by Gasteiger charge is 2.09. The number of anilines is 1. The van der Waals surface area contributed by atoms with Gasteiger partial charge in [0.05, 0.1) is 6.07 Å². The average Bonchev–Trinajstić information content (AvgIpc) is 2.16. The molecule has 0 radical (unpaired) electrons. The number of halogens is 1. The Morgan fingerprint density at radius 2 is 2.14 bits per heavy atom. The molecule has 2 N–H and O–H groups in total. The molecular formula is C10H12ClN3. The number of benzene rings is 1. The van der Waals surface area contributed by atoms with Crippen LogP contribution in [0.3, 0.4) is 0 Å². The highest BCUT2D eigenvalue weighted by Crippen LogP contribution is 2.25. The fraction of sp³-hybridized carbons (Fsp3) is 0.300. The van der Waals surface area contributed by atoms with Crippen LogP contribution in [0.15, 0.2) is 18.2 Å². The molecule has 0 amide bonds. The van der Waals surface area contributed by atoms with Gasteiger partial charge in [-0.25, -0.2) is 0 Å². The molecule has 14 heavy (non-hydrogen) atoms. The lowest BCUT2D eigenvalue weighted by atomic mass is 10.1. The maximum absolute atomic E-state index is 8.65. The summed E-state index contributed by atoms with van der Waals surface area (Å²) in [4.78, 5) is 1.94. The second-order valence-corrected chi connectivity index (χ2v) is 3.61. The minimum absolute atomic E-state index is 0.533. The van der Waals surface area contributed by atoms with Gasteiger partial charge in [0.25, 0.3) is 0 Å². The first kappa shape index (κ1) is 10.8. The molecule has 0 saturated heterocycles. The summed E-state index contributed by atoms with van der Waals surface area (Å²) in [5.41, 5.74) is 7.22. The molecule has 1 aromatic rings. The molecular weight excluding hydrogens is 198 g/mol. The normalized spacial score (nSPS) is 11.9. The van der Waals surface area contributed by atoms with Gasteiger partial charge in [0.15, 0.2) is 0 Å². The van der Waals surface area contributed by atoms with Crippen molar-refractivity contribution in [3.63, 3.8) is 0 Å². The van der Waals surface area contributed by atoms with Crippen molar-refractivity contribution in [2.24, 2.45) is 5.73 Å². The van der Waals surface area contributed by atoms with Gasteiger partial charge in [0.1, 0.15) is 6.04 Å². The molecule has 0 fully saturated rings. The highest BCUT2D eigenvalue weighted by atomic mass is 35.5. The lowest BCUT2D eigenvalue weighted by Gasteiger charge is -2.14. The van der Waals surface area contributed by atoms with E-state index in [-0.39, 0.29) is 0 Å². The van der Waals surface area contributed by atoms with Gasteiger partial charge in [-0.2, -0.15) is 5.26 Å². The molecule has 1 atom stereocenters. The Morgan fingerprint density at radius 3 is 2.57 bits per heavy atom. The number of rotatable bonds is 2. The molecule has 0 aromatic heterocycles. The van der Waals surface area contributed by atoms with E-state index in [1.807, 2.05) is 31.1 Å². The van der Waals surface area contributed by atoms with Gasteiger partial charge in [0.2, 0.25) is 0 Å². The van der Waals surface area contributed by atoms with Gasteiger partial charge in [-0.05, 0) is 12.1 Å². The summed E-state index contributed by atoms with van der Waals surface area (Å²) < 4.78 is 0. The van der Waals surface area contributed by atoms with Gasteiger partial charge in [0, 0.05) is 30.4 Å². The molecule has 0 bridgehead atoms. The van der Waals surface area contributed by atoms with Crippen molar-refractivity contribution in [2.75, 3.05) is 19.0 Å². The van der Waals surface area contributed by atoms with E-state index in [1.165, 1.54) is 0 Å². The van der Waals surface area contributed by atoms with E-state index in [2.05, 4.69) is 0 Å². The molecule has 74 valence electrons. The topological polar surface area (TPSA) is 53.0 Å². The second-order valence-electron chi connectivity index (χ2n) is 3.21. The van der Waals surface area contributed by atoms with E-state index < -0.39 is 6.04 Å². The molecule has 0 aliphatic rings. The van der Waals surface area contributed by atoms with Crippen LogP contribution in [-0.4, -0.2) is 14.1 Å². The lowest BCUT2D eigenvalue weighted by Crippen LogP contribution is -2.11. The first-order chi connectivity index (χ1) is 6.56. The Balaban J connectivity index is 3.09. The fourth-order valence-electron chi connectivity index (χ4n) is 1.12. The molecule has 0 saturated carbocycles. The maximum atomic E-state index is 8.65. The van der Waals surface area contributed by atoms with Crippen molar-refractivity contribution < 1.29 is 0 Å². The van der Waals surface area contributed by atoms with E-state index in [4.69, 9.17) is 22.6 Å². The third-order valence-electron chi connectivity index (χ3n) is 1.97. The number of nitriles is 1. The van der Waals surface area contributed by atoms with E-state index in [1.54, 1.807) is 12.1 Å². The van der Waals surface area contributed by atoms with Gasteiger partial charge >= 0.3 is 0 Å². The maximum Gasteiger partial charge on any atom is 0.120 e. The van der Waals surface area contributed by atoms with Crippen LogP contribution in [0.5, 0.6) is 0 Å². The van der Waals surface area contributed by atoms with Crippen LogP contribution in [0.1, 0.15) is 11.6 Å². The minimum Gasteiger partial charge on any atom is -0.378 e. The Labute approximate surface area is 88.7 Å². The monoisotopic (exact) mass is 209 g/mol. The third-order valence-corrected chi connectivity index (χ3v) is 2.30. The van der Waals surface area contributed by atoms with Crippen LogP contribution < -0.4 is 10.6 Å². The van der Waals surface area contributed by atoms with E-state index in [9.17, 15) is 0 Å². The molecule has 1 unspecified atom stereocenters. The summed E-state index contributed by atoms with van der Waals surface area (Å²) in [6, 6.07) is 6.77. The average molecular weight is 210 g/mol. The zero-order valence-electron chi connectivity index (χ0n) is 8.16. The standard InChI is InChI=1S/C10H12ClN3/c1-14(2)7-3-4-8(9(11)5-7)10(13)6-12/h3-5,10H,13H2,1-2H3. The van der Waals surface area contributed by atoms with Crippen molar-refractivity contribution in [2.45, 2.75) is 6.04 Å². The molecule has 0 aliphatic carbocycles. The zero-order valence-corrected chi connectivity index (χ0v) is 8.92. The molecule has 0 heterocycles. The predicted octanol–water partition coefficient (Wildman–Crippen LogP) is 1.93. The van der Waals surface area contributed by atoms with Gasteiger partial charge in [-0.1, -0.05) is 17.7 Å². The molecule has 1 aromatic carbocycles. The summed E-state index contributed by atoms with van der Waals surface area (Å²) >= 11 is 5.99. The summed E-state index contributed by atoms with van der Waals surface area (Å²) in [7, 11) is 3.85. The van der Waals surface area contributed by atoms with Crippen LogP contribution in [0.4, 0.5) is 5.69 Å². The molecule has 4 heteroatoms. The van der Waals surface area contributed by atoms with Crippen molar-refractivity contribution in [1.82, 2.24) is 0 Å². The number of nitrogens with two attached hydrogens (primary N) is 1. The molecule has 0 spiro atoms. The SMILES string of the molecule is CN(C)c1ccc(C(N)C#N)c(Cl)c1. The first-order valence-electron chi connectivity index (χ1n) is 4.18. The predicted molar refractivity (Wildman–Crippen MR) is 58.3 cm³/mol. The smallest absolute Gasteiger partial charge is 0.120 e. The number of nitrogens with zero attached hydrogens (tertiary/aromatic N) is 2. The van der Waals surface area contributed by atoms with Crippen molar-refractivity contribution in [3.05, 3.63) is 28.8 Å². The third kappa shape index (κ3) is 2.16. The van der Waals surface area contributed by atoms with E-state index >= 15 is 0 Å². The van der Waals surface area contributed by atoms with Crippen molar-refractivity contribution >= 4 is 17.3 Å². The zero-order chi connectivity index (χ0) is 10.7. The number of hydrogen-bond donors (Lipinski definition) is 1. The fourth-order valence-corrected chi connectivity index (χ4v) is 1.41. The van der Waals surface area contributed by atoms with Crippen LogP contribution in [0, 0.1) is 11.3 Å².